The number of nitrogens with two attached hydrogens (primary N) is 1. The Morgan fingerprint density at radius 3 is 2.67 bits per heavy atom. The topological polar surface area (TPSA) is 242 Å². The molecular formula is C14H24N5O12P2+. The quantitative estimate of drug-likeness (QED) is 0.110. The number of rotatable bonds is 10. The van der Waals surface area contributed by atoms with Crippen LogP contribution < -0.4 is 15.9 Å². The number of fused-ring (bicyclic) bond motifs is 1. The lowest BCUT2D eigenvalue weighted by molar-refractivity contribution is -0.745. The number of aliphatic hydroxyl groups excluding tert-OH is 1. The van der Waals surface area contributed by atoms with E-state index in [0.29, 0.717) is 0 Å². The van der Waals surface area contributed by atoms with Crippen LogP contribution in [0.3, 0.4) is 0 Å². The van der Waals surface area contributed by atoms with Crippen molar-refractivity contribution < 1.29 is 56.5 Å². The van der Waals surface area contributed by atoms with Crippen molar-refractivity contribution >= 4 is 32.8 Å². The highest BCUT2D eigenvalue weighted by Crippen LogP contribution is 2.57. The molecule has 17 nitrogen and oxygen atoms in total. The number of phosphoric acid groups is 2. The Bertz CT molecular complexity index is 1150. The van der Waals surface area contributed by atoms with Crippen LogP contribution in [0.5, 0.6) is 0 Å². The molecule has 2 aromatic rings. The Morgan fingerprint density at radius 1 is 1.33 bits per heavy atom. The molecule has 2 aromatic heterocycles. The number of aromatic amines is 1. The van der Waals surface area contributed by atoms with E-state index in [1.165, 1.54) is 22.6 Å². The second kappa shape index (κ2) is 9.85. The first-order valence-electron chi connectivity index (χ1n) is 9.27. The average Bonchev–Trinajstić information content (AvgIpc) is 3.15. The standard InChI is InChI=1S/C14H23N5O12P2/c1-18-6-19(11-8(18)12(21)17-14(15)16-11)13-9(20)10(28-4-3-27-2)7(30-13)5-29-33(25,26)31-32(22,23)24/h6-7,9-10,13,20H,3-5H2,1-2H3,(H5-,15,16,17,21,22,23,24,25,26)/p+1/t7-,9+,10?,13-/m1/s1. The van der Waals surface area contributed by atoms with E-state index < -0.39 is 52.4 Å². The third-order valence-corrected chi connectivity index (χ3v) is 6.73. The van der Waals surface area contributed by atoms with Gasteiger partial charge in [0.25, 0.3) is 11.5 Å². The monoisotopic (exact) mass is 516 g/mol. The summed E-state index contributed by atoms with van der Waals surface area (Å²) in [6.45, 7) is -0.595. The number of aryl methyl sites for hydroxylation is 1. The van der Waals surface area contributed by atoms with Crippen molar-refractivity contribution in [2.75, 3.05) is 32.7 Å². The van der Waals surface area contributed by atoms with Gasteiger partial charge in [0.1, 0.15) is 18.3 Å². The predicted octanol–water partition coefficient (Wildman–Crippen LogP) is -2.35. The number of nitrogen functional groups attached to an aromatic ring is 1. The summed E-state index contributed by atoms with van der Waals surface area (Å²) in [6, 6.07) is 0. The lowest BCUT2D eigenvalue weighted by atomic mass is 10.1. The zero-order chi connectivity index (χ0) is 24.6. The van der Waals surface area contributed by atoms with Crippen molar-refractivity contribution in [3.05, 3.63) is 16.7 Å². The first-order chi connectivity index (χ1) is 15.3. The van der Waals surface area contributed by atoms with Crippen LogP contribution in [0.15, 0.2) is 11.1 Å². The molecule has 1 fully saturated rings. The molecule has 0 saturated carbocycles. The molecule has 0 bridgehead atoms. The number of H-pyrrole nitrogens is 1. The van der Waals surface area contributed by atoms with Gasteiger partial charge in [-0.1, -0.05) is 4.98 Å². The fraction of sp³-hybridized carbons (Fsp3) is 0.643. The van der Waals surface area contributed by atoms with E-state index >= 15 is 0 Å². The van der Waals surface area contributed by atoms with Gasteiger partial charge in [-0.3, -0.25) is 18.9 Å². The first kappa shape index (κ1) is 25.9. The lowest BCUT2D eigenvalue weighted by Crippen LogP contribution is -2.46. The SMILES string of the molecule is COCCOC1[C@@H](COP(=O)(O)OP(=O)(O)O)O[C@@H]([n+]2cn(C)c3c(=O)[nH]c(N)nc32)[C@H]1O. The molecule has 0 aliphatic carbocycles. The number of aromatic nitrogens is 4. The van der Waals surface area contributed by atoms with Crippen molar-refractivity contribution in [2.45, 2.75) is 24.5 Å². The van der Waals surface area contributed by atoms with E-state index in [-0.39, 0.29) is 30.3 Å². The summed E-state index contributed by atoms with van der Waals surface area (Å²) in [7, 11) is -7.52. The van der Waals surface area contributed by atoms with Crippen LogP contribution in [0.1, 0.15) is 6.23 Å². The number of phosphoric ester groups is 1. The largest absolute Gasteiger partial charge is 0.481 e. The number of nitrogens with one attached hydrogen (secondary N) is 1. The zero-order valence-corrected chi connectivity index (χ0v) is 19.2. The molecule has 0 amide bonds. The molecule has 0 radical (unpaired) electrons. The van der Waals surface area contributed by atoms with Crippen LogP contribution in [-0.4, -0.2) is 79.6 Å². The number of ether oxygens (including phenoxy) is 3. The molecule has 3 heterocycles. The number of methoxy groups -OCH3 is 1. The number of hydrogen-bond acceptors (Lipinski definition) is 11. The van der Waals surface area contributed by atoms with Gasteiger partial charge in [-0.25, -0.2) is 13.7 Å². The van der Waals surface area contributed by atoms with Crippen molar-refractivity contribution in [3.63, 3.8) is 0 Å². The Balaban J connectivity index is 1.89. The molecule has 33 heavy (non-hydrogen) atoms. The van der Waals surface area contributed by atoms with Gasteiger partial charge >= 0.3 is 21.3 Å². The lowest BCUT2D eigenvalue weighted by Gasteiger charge is -2.21. The van der Waals surface area contributed by atoms with E-state index in [9.17, 15) is 23.9 Å². The van der Waals surface area contributed by atoms with Crippen molar-refractivity contribution in [3.8, 4) is 0 Å². The minimum absolute atomic E-state index is 0.00560. The number of anilines is 1. The average molecular weight is 516 g/mol. The molecule has 1 saturated heterocycles. The molecular weight excluding hydrogens is 492 g/mol. The van der Waals surface area contributed by atoms with E-state index in [1.54, 1.807) is 7.05 Å². The number of nitrogens with zero attached hydrogens (tertiary/aromatic N) is 3. The highest BCUT2D eigenvalue weighted by Gasteiger charge is 2.49. The molecule has 1 aliphatic heterocycles. The van der Waals surface area contributed by atoms with Gasteiger partial charge < -0.3 is 39.7 Å². The smallest absolute Gasteiger partial charge is 0.384 e. The van der Waals surface area contributed by atoms with E-state index in [2.05, 4.69) is 18.8 Å². The second-order valence-electron chi connectivity index (χ2n) is 6.98. The second-order valence-corrected chi connectivity index (χ2v) is 9.81. The third-order valence-electron chi connectivity index (χ3n) is 4.58. The summed E-state index contributed by atoms with van der Waals surface area (Å²) in [5, 5.41) is 10.9. The molecule has 0 aromatic carbocycles. The van der Waals surface area contributed by atoms with Crippen LogP contribution in [-0.2, 0) is 39.2 Å². The van der Waals surface area contributed by atoms with Gasteiger partial charge in [-0.15, -0.1) is 0 Å². The fourth-order valence-electron chi connectivity index (χ4n) is 3.34. The van der Waals surface area contributed by atoms with Crippen LogP contribution in [0, 0.1) is 0 Å². The third kappa shape index (κ3) is 6.03. The van der Waals surface area contributed by atoms with Gasteiger partial charge in [-0.05, 0) is 0 Å². The Morgan fingerprint density at radius 2 is 2.03 bits per heavy atom. The van der Waals surface area contributed by atoms with Crippen LogP contribution in [0.4, 0.5) is 5.95 Å². The van der Waals surface area contributed by atoms with Gasteiger partial charge in [0, 0.05) is 7.11 Å². The summed E-state index contributed by atoms with van der Waals surface area (Å²) in [5.41, 5.74) is 5.31. The van der Waals surface area contributed by atoms with Crippen LogP contribution in [0.25, 0.3) is 11.2 Å². The molecule has 19 heteroatoms. The van der Waals surface area contributed by atoms with Crippen molar-refractivity contribution in [1.82, 2.24) is 14.5 Å². The summed E-state index contributed by atoms with van der Waals surface area (Å²) in [5.74, 6) is -0.177. The van der Waals surface area contributed by atoms with Crippen LogP contribution >= 0.6 is 15.6 Å². The van der Waals surface area contributed by atoms with Crippen LogP contribution in [0.2, 0.25) is 0 Å². The Hall–Kier alpha value is -1.75. The fourth-order valence-corrected chi connectivity index (χ4v) is 4.94. The summed E-state index contributed by atoms with van der Waals surface area (Å²) >= 11 is 0. The maximum atomic E-state index is 12.3. The summed E-state index contributed by atoms with van der Waals surface area (Å²) < 4.78 is 50.0. The van der Waals surface area contributed by atoms with Gasteiger partial charge in [0.2, 0.25) is 11.7 Å². The normalized spacial score (nSPS) is 25.5. The number of aliphatic hydroxyl groups is 1. The minimum Gasteiger partial charge on any atom is -0.384 e. The highest BCUT2D eigenvalue weighted by molar-refractivity contribution is 7.60. The predicted molar refractivity (Wildman–Crippen MR) is 106 cm³/mol. The number of imidazole rings is 1. The van der Waals surface area contributed by atoms with Gasteiger partial charge in [0.15, 0.2) is 6.33 Å². The van der Waals surface area contributed by atoms with Crippen molar-refractivity contribution in [1.29, 1.82) is 0 Å². The maximum Gasteiger partial charge on any atom is 0.481 e. The molecule has 186 valence electrons. The molecule has 1 aliphatic rings. The maximum absolute atomic E-state index is 12.3. The summed E-state index contributed by atoms with van der Waals surface area (Å²) in [6.07, 6.45) is -3.52. The molecule has 2 unspecified atom stereocenters. The zero-order valence-electron chi connectivity index (χ0n) is 17.4. The Labute approximate surface area is 185 Å². The van der Waals surface area contributed by atoms with Gasteiger partial charge in [0.05, 0.1) is 26.9 Å². The number of hydrogen-bond donors (Lipinski definition) is 6. The minimum atomic E-state index is -5.33. The molecule has 0 spiro atoms. The molecule has 3 rings (SSSR count). The van der Waals surface area contributed by atoms with Gasteiger partial charge in [-0.2, -0.15) is 4.31 Å². The molecule has 7 N–H and O–H groups in total. The molecule has 5 atom stereocenters. The summed E-state index contributed by atoms with van der Waals surface area (Å²) in [4.78, 5) is 45.7. The Kier molecular flexibility index (Phi) is 7.72. The van der Waals surface area contributed by atoms with E-state index in [0.717, 1.165) is 0 Å². The first-order valence-corrected chi connectivity index (χ1v) is 12.3. The highest BCUT2D eigenvalue weighted by atomic mass is 31.3. The van der Waals surface area contributed by atoms with E-state index in [4.69, 9.17) is 29.7 Å². The van der Waals surface area contributed by atoms with Crippen molar-refractivity contribution in [2.24, 2.45) is 7.05 Å². The van der Waals surface area contributed by atoms with E-state index in [1.807, 2.05) is 0 Å².